The van der Waals surface area contributed by atoms with Crippen molar-refractivity contribution in [3.05, 3.63) is 106 Å². The van der Waals surface area contributed by atoms with Crippen molar-refractivity contribution >= 4 is 16.5 Å². The van der Waals surface area contributed by atoms with Crippen molar-refractivity contribution in [3.8, 4) is 0 Å². The van der Waals surface area contributed by atoms with Gasteiger partial charge < -0.3 is 0 Å². The third-order valence-corrected chi connectivity index (χ3v) is 5.88. The second kappa shape index (κ2) is 6.66. The number of allylic oxidation sites excluding steroid dienone is 4. The van der Waals surface area contributed by atoms with Gasteiger partial charge in [0.05, 0.1) is 5.71 Å². The first-order chi connectivity index (χ1) is 13.0. The zero-order valence-electron chi connectivity index (χ0n) is 16.4. The first-order valence-electron chi connectivity index (χ1n) is 9.51. The van der Waals surface area contributed by atoms with E-state index in [0.717, 1.165) is 11.1 Å². The van der Waals surface area contributed by atoms with Crippen LogP contribution in [0.1, 0.15) is 46.2 Å². The first-order valence-corrected chi connectivity index (χ1v) is 9.51. The van der Waals surface area contributed by atoms with E-state index >= 15 is 0 Å². The largest absolute Gasteiger partial charge is 0.300 e. The number of rotatable bonds is 3. The lowest BCUT2D eigenvalue weighted by Crippen LogP contribution is -2.10. The molecule has 0 fully saturated rings. The monoisotopic (exact) mass is 351 g/mol. The van der Waals surface area contributed by atoms with E-state index in [2.05, 4.69) is 94.5 Å². The van der Waals surface area contributed by atoms with Crippen molar-refractivity contribution in [1.82, 2.24) is 0 Å². The van der Waals surface area contributed by atoms with Crippen LogP contribution in [0.15, 0.2) is 72.3 Å². The van der Waals surface area contributed by atoms with E-state index < -0.39 is 0 Å². The molecule has 0 spiro atoms. The average molecular weight is 351 g/mol. The van der Waals surface area contributed by atoms with Crippen LogP contribution < -0.4 is 0 Å². The Bertz CT molecular complexity index is 1130. The second-order valence-corrected chi connectivity index (χ2v) is 7.64. The Morgan fingerprint density at radius 2 is 1.52 bits per heavy atom. The Labute approximate surface area is 161 Å². The molecule has 0 amide bonds. The number of benzene rings is 3. The molecule has 1 unspecified atom stereocenters. The maximum absolute atomic E-state index is 9.06. The molecule has 1 nitrogen and oxygen atoms in total. The summed E-state index contributed by atoms with van der Waals surface area (Å²) in [5.41, 5.74) is 8.92. The van der Waals surface area contributed by atoms with E-state index in [9.17, 15) is 0 Å². The van der Waals surface area contributed by atoms with Gasteiger partial charge in [0.1, 0.15) is 0 Å². The minimum atomic E-state index is 0.233. The third kappa shape index (κ3) is 3.04. The molecule has 1 aliphatic carbocycles. The van der Waals surface area contributed by atoms with Crippen LogP contribution in [0.3, 0.4) is 0 Å². The smallest absolute Gasteiger partial charge is 0.0690 e. The van der Waals surface area contributed by atoms with Gasteiger partial charge in [0.25, 0.3) is 0 Å². The average Bonchev–Trinajstić information content (AvgIpc) is 3.11. The summed E-state index contributed by atoms with van der Waals surface area (Å²) in [7, 11) is 0. The molecule has 0 saturated heterocycles. The van der Waals surface area contributed by atoms with Crippen LogP contribution in [0.5, 0.6) is 0 Å². The molecular formula is C26H25N. The Morgan fingerprint density at radius 1 is 0.815 bits per heavy atom. The summed E-state index contributed by atoms with van der Waals surface area (Å²) in [6, 6.07) is 17.1. The molecule has 0 aromatic heterocycles. The van der Waals surface area contributed by atoms with E-state index in [0.29, 0.717) is 5.71 Å². The highest BCUT2D eigenvalue weighted by molar-refractivity contribution is 6.14. The van der Waals surface area contributed by atoms with Crippen LogP contribution in [-0.2, 0) is 0 Å². The van der Waals surface area contributed by atoms with Crippen LogP contribution in [0.25, 0.3) is 10.8 Å². The Hall–Kier alpha value is -2.93. The zero-order valence-corrected chi connectivity index (χ0v) is 16.4. The molecule has 3 aromatic rings. The topological polar surface area (TPSA) is 23.9 Å². The van der Waals surface area contributed by atoms with Crippen LogP contribution in [0, 0.1) is 26.2 Å². The highest BCUT2D eigenvalue weighted by atomic mass is 14.4. The fourth-order valence-electron chi connectivity index (χ4n) is 3.97. The number of hydrogen-bond donors (Lipinski definition) is 1. The van der Waals surface area contributed by atoms with Crippen molar-refractivity contribution < 1.29 is 0 Å². The first kappa shape index (κ1) is 17.5. The SMILES string of the molecule is CC1=CC(c2cc3ccccc3cc2C(=N)c2ccc(C)c(C)c2C)C=C1. The molecular weight excluding hydrogens is 326 g/mol. The molecule has 0 bridgehead atoms. The molecule has 1 N–H and O–H groups in total. The van der Waals surface area contributed by atoms with Crippen molar-refractivity contribution in [2.75, 3.05) is 0 Å². The van der Waals surface area contributed by atoms with Gasteiger partial charge in [-0.1, -0.05) is 60.2 Å². The van der Waals surface area contributed by atoms with Crippen LogP contribution in [-0.4, -0.2) is 5.71 Å². The van der Waals surface area contributed by atoms with E-state index in [1.807, 2.05) is 0 Å². The van der Waals surface area contributed by atoms with Crippen LogP contribution in [0.2, 0.25) is 0 Å². The number of aryl methyl sites for hydroxylation is 1. The van der Waals surface area contributed by atoms with Gasteiger partial charge in [-0.2, -0.15) is 0 Å². The maximum atomic E-state index is 9.06. The summed E-state index contributed by atoms with van der Waals surface area (Å²) in [6.45, 7) is 8.55. The molecule has 3 aromatic carbocycles. The second-order valence-electron chi connectivity index (χ2n) is 7.64. The zero-order chi connectivity index (χ0) is 19.1. The van der Waals surface area contributed by atoms with Gasteiger partial charge in [0.15, 0.2) is 0 Å². The third-order valence-electron chi connectivity index (χ3n) is 5.88. The quantitative estimate of drug-likeness (QED) is 0.503. The molecule has 0 aliphatic heterocycles. The van der Waals surface area contributed by atoms with Gasteiger partial charge >= 0.3 is 0 Å². The standard InChI is InChI=1S/C26H25N/c1-16-9-11-22(13-16)24-14-20-7-5-6-8-21(20)15-25(24)26(27)23-12-10-17(2)18(3)19(23)4/h5-15,22,27H,1-4H3. The molecule has 0 heterocycles. The highest BCUT2D eigenvalue weighted by Gasteiger charge is 2.20. The van der Waals surface area contributed by atoms with Gasteiger partial charge in [-0.05, 0) is 72.9 Å². The molecule has 1 atom stereocenters. The maximum Gasteiger partial charge on any atom is 0.0690 e. The predicted molar refractivity (Wildman–Crippen MR) is 116 cm³/mol. The summed E-state index contributed by atoms with van der Waals surface area (Å²) in [5.74, 6) is 0.233. The van der Waals surface area contributed by atoms with E-state index in [1.165, 1.54) is 38.6 Å². The Balaban J connectivity index is 1.93. The van der Waals surface area contributed by atoms with Gasteiger partial charge in [0.2, 0.25) is 0 Å². The molecule has 134 valence electrons. The molecule has 4 rings (SSSR count). The summed E-state index contributed by atoms with van der Waals surface area (Å²) in [4.78, 5) is 0. The molecule has 1 heteroatoms. The van der Waals surface area contributed by atoms with Gasteiger partial charge in [-0.3, -0.25) is 5.41 Å². The fourth-order valence-corrected chi connectivity index (χ4v) is 3.97. The summed E-state index contributed by atoms with van der Waals surface area (Å²) in [5, 5.41) is 11.5. The Kier molecular flexibility index (Phi) is 4.31. The number of nitrogens with one attached hydrogen (secondary N) is 1. The van der Waals surface area contributed by atoms with Gasteiger partial charge in [-0.25, -0.2) is 0 Å². The summed E-state index contributed by atoms with van der Waals surface area (Å²) < 4.78 is 0. The number of fused-ring (bicyclic) bond motifs is 1. The highest BCUT2D eigenvalue weighted by Crippen LogP contribution is 2.34. The minimum Gasteiger partial charge on any atom is -0.300 e. The molecule has 27 heavy (non-hydrogen) atoms. The Morgan fingerprint density at radius 3 is 2.19 bits per heavy atom. The molecule has 0 radical (unpaired) electrons. The predicted octanol–water partition coefficient (Wildman–Crippen LogP) is 6.78. The van der Waals surface area contributed by atoms with Crippen LogP contribution in [0.4, 0.5) is 0 Å². The molecule has 1 aliphatic rings. The lowest BCUT2D eigenvalue weighted by atomic mass is 9.86. The van der Waals surface area contributed by atoms with E-state index in [1.54, 1.807) is 0 Å². The van der Waals surface area contributed by atoms with Gasteiger partial charge in [-0.15, -0.1) is 0 Å². The van der Waals surface area contributed by atoms with Crippen molar-refractivity contribution in [1.29, 1.82) is 5.41 Å². The lowest BCUT2D eigenvalue weighted by molar-refractivity contribution is 1.10. The van der Waals surface area contributed by atoms with Crippen molar-refractivity contribution in [2.24, 2.45) is 0 Å². The van der Waals surface area contributed by atoms with Crippen molar-refractivity contribution in [2.45, 2.75) is 33.6 Å². The van der Waals surface area contributed by atoms with Crippen LogP contribution >= 0.6 is 0 Å². The number of hydrogen-bond acceptors (Lipinski definition) is 1. The van der Waals surface area contributed by atoms with E-state index in [4.69, 9.17) is 5.41 Å². The molecule has 0 saturated carbocycles. The fraction of sp³-hybridized carbons (Fsp3) is 0.192. The van der Waals surface area contributed by atoms with E-state index in [-0.39, 0.29) is 5.92 Å². The van der Waals surface area contributed by atoms with Crippen molar-refractivity contribution in [3.63, 3.8) is 0 Å². The summed E-state index contributed by atoms with van der Waals surface area (Å²) in [6.07, 6.45) is 6.70. The minimum absolute atomic E-state index is 0.233. The van der Waals surface area contributed by atoms with Gasteiger partial charge in [0, 0.05) is 17.0 Å². The normalized spacial score (nSPS) is 16.0. The summed E-state index contributed by atoms with van der Waals surface area (Å²) >= 11 is 0. The lowest BCUT2D eigenvalue weighted by Gasteiger charge is -2.18.